The number of Topliss-reactive ketones (excluding diaryl/α,β-unsaturated/α-hetero) is 1. The van der Waals surface area contributed by atoms with Crippen molar-refractivity contribution >= 4 is 19.3 Å². The minimum Gasteiger partial charge on any atom is -0.549 e. The molecule has 0 aliphatic heterocycles. The van der Waals surface area contributed by atoms with E-state index >= 15 is 0 Å². The van der Waals surface area contributed by atoms with Crippen LogP contribution in [0.4, 0.5) is 0 Å². The lowest BCUT2D eigenvalue weighted by Gasteiger charge is -2.26. The largest absolute Gasteiger partial charge is 0.549 e. The molecule has 0 heterocycles. The van der Waals surface area contributed by atoms with Gasteiger partial charge >= 0.3 is 7.60 Å². The van der Waals surface area contributed by atoms with Crippen molar-refractivity contribution in [1.29, 1.82) is 0 Å². The zero-order valence-corrected chi connectivity index (χ0v) is 10.5. The van der Waals surface area contributed by atoms with E-state index in [2.05, 4.69) is 0 Å². The third-order valence-electron chi connectivity index (χ3n) is 1.75. The highest BCUT2D eigenvalue weighted by molar-refractivity contribution is 7.55. The Kier molecular flexibility index (Phi) is 6.48. The molecular weight excluding hydrogens is 235 g/mol. The molecule has 1 unspecified atom stereocenters. The molecule has 1 atom stereocenters. The Morgan fingerprint density at radius 1 is 1.25 bits per heavy atom. The molecule has 6 nitrogen and oxygen atoms in total. The third kappa shape index (κ3) is 4.43. The fourth-order valence-corrected chi connectivity index (χ4v) is 3.07. The molecule has 0 aliphatic carbocycles. The Balaban J connectivity index is 5.01. The molecule has 0 aromatic heterocycles. The van der Waals surface area contributed by atoms with Gasteiger partial charge in [0, 0.05) is 6.42 Å². The second-order valence-corrected chi connectivity index (χ2v) is 5.34. The lowest BCUT2D eigenvalue weighted by molar-refractivity contribution is -0.305. The molecule has 94 valence electrons. The Bertz CT molecular complexity index is 290. The molecule has 0 rings (SSSR count). The quantitative estimate of drug-likeness (QED) is 0.578. The predicted octanol–water partition coefficient (Wildman–Crippen LogP) is 0.350. The Labute approximate surface area is 94.5 Å². The molecule has 0 aromatic carbocycles. The first-order chi connectivity index (χ1) is 7.37. The molecular formula is C9H16O6P-. The van der Waals surface area contributed by atoms with Crippen molar-refractivity contribution in [1.82, 2.24) is 0 Å². The van der Waals surface area contributed by atoms with Crippen molar-refractivity contribution in [2.45, 2.75) is 32.9 Å². The van der Waals surface area contributed by atoms with E-state index < -0.39 is 31.4 Å². The van der Waals surface area contributed by atoms with Gasteiger partial charge in [-0.2, -0.15) is 0 Å². The van der Waals surface area contributed by atoms with E-state index in [1.54, 1.807) is 13.8 Å². The highest BCUT2D eigenvalue weighted by Gasteiger charge is 2.37. The molecule has 16 heavy (non-hydrogen) atoms. The van der Waals surface area contributed by atoms with E-state index in [4.69, 9.17) is 9.05 Å². The molecule has 7 heteroatoms. The zero-order chi connectivity index (χ0) is 12.8. The first kappa shape index (κ1) is 15.3. The van der Waals surface area contributed by atoms with Crippen LogP contribution in [0, 0.1) is 0 Å². The fourth-order valence-electron chi connectivity index (χ4n) is 1.17. The van der Waals surface area contributed by atoms with E-state index in [0.717, 1.165) is 0 Å². The predicted molar refractivity (Wildman–Crippen MR) is 55.0 cm³/mol. The van der Waals surface area contributed by atoms with Gasteiger partial charge in [0.1, 0.15) is 11.4 Å². The van der Waals surface area contributed by atoms with E-state index in [-0.39, 0.29) is 13.2 Å². The summed E-state index contributed by atoms with van der Waals surface area (Å²) in [6.45, 7) is 4.41. The van der Waals surface area contributed by atoms with Gasteiger partial charge in [-0.1, -0.05) is 0 Å². The van der Waals surface area contributed by atoms with Gasteiger partial charge < -0.3 is 18.9 Å². The number of hydrogen-bond donors (Lipinski definition) is 0. The molecule has 0 spiro atoms. The molecule has 0 amide bonds. The second kappa shape index (κ2) is 6.78. The maximum Gasteiger partial charge on any atom is 0.339 e. The van der Waals surface area contributed by atoms with Crippen molar-refractivity contribution in [3.05, 3.63) is 0 Å². The molecule has 0 saturated heterocycles. The van der Waals surface area contributed by atoms with Crippen molar-refractivity contribution in [2.75, 3.05) is 13.2 Å². The van der Waals surface area contributed by atoms with Gasteiger partial charge in [0.15, 0.2) is 0 Å². The van der Waals surface area contributed by atoms with Crippen LogP contribution >= 0.6 is 7.60 Å². The zero-order valence-electron chi connectivity index (χ0n) is 9.60. The highest BCUT2D eigenvalue weighted by atomic mass is 31.2. The summed E-state index contributed by atoms with van der Waals surface area (Å²) in [6.07, 6.45) is -0.417. The first-order valence-electron chi connectivity index (χ1n) is 4.96. The van der Waals surface area contributed by atoms with E-state index in [1.165, 1.54) is 6.92 Å². The minimum absolute atomic E-state index is 0.0406. The summed E-state index contributed by atoms with van der Waals surface area (Å²) in [5.74, 6) is -2.01. The van der Waals surface area contributed by atoms with Crippen LogP contribution in [0.25, 0.3) is 0 Å². The lowest BCUT2D eigenvalue weighted by Crippen LogP contribution is -2.37. The van der Waals surface area contributed by atoms with Crippen LogP contribution in [0.3, 0.4) is 0 Å². The van der Waals surface area contributed by atoms with Gasteiger partial charge in [-0.3, -0.25) is 9.36 Å². The molecule has 0 N–H and O–H groups in total. The minimum atomic E-state index is -3.82. The van der Waals surface area contributed by atoms with Crippen LogP contribution in [0.15, 0.2) is 0 Å². The average Bonchev–Trinajstić information content (AvgIpc) is 2.14. The number of ketones is 1. The monoisotopic (exact) mass is 251 g/mol. The summed E-state index contributed by atoms with van der Waals surface area (Å²) >= 11 is 0. The Hall–Kier alpha value is -0.710. The molecule has 0 aromatic rings. The molecule has 0 radical (unpaired) electrons. The van der Waals surface area contributed by atoms with E-state index in [1.807, 2.05) is 0 Å². The third-order valence-corrected chi connectivity index (χ3v) is 4.15. The number of carbonyl (C=O) groups excluding carboxylic acids is 2. The van der Waals surface area contributed by atoms with Crippen molar-refractivity contribution < 1.29 is 28.3 Å². The number of carboxylic acid groups (broad SMARTS) is 1. The number of carboxylic acids is 1. The summed E-state index contributed by atoms with van der Waals surface area (Å²) in [6, 6.07) is 0. The first-order valence-corrected chi connectivity index (χ1v) is 6.57. The van der Waals surface area contributed by atoms with Crippen LogP contribution < -0.4 is 5.11 Å². The standard InChI is InChI=1S/C9H17O6P/c1-4-14-16(13,15-5-2)8(9(11)12)6-7(3)10/h8H,4-6H2,1-3H3,(H,11,12)/p-1. The summed E-state index contributed by atoms with van der Waals surface area (Å²) < 4.78 is 21.8. The van der Waals surface area contributed by atoms with Gasteiger partial charge in [-0.05, 0) is 20.8 Å². The smallest absolute Gasteiger partial charge is 0.339 e. The van der Waals surface area contributed by atoms with Crippen LogP contribution in [-0.4, -0.2) is 30.6 Å². The van der Waals surface area contributed by atoms with Crippen LogP contribution in [-0.2, 0) is 23.2 Å². The second-order valence-electron chi connectivity index (χ2n) is 3.12. The maximum atomic E-state index is 12.1. The van der Waals surface area contributed by atoms with Gasteiger partial charge in [-0.15, -0.1) is 0 Å². The average molecular weight is 251 g/mol. The fraction of sp³-hybridized carbons (Fsp3) is 0.778. The maximum absolute atomic E-state index is 12.1. The van der Waals surface area contributed by atoms with Crippen LogP contribution in [0.2, 0.25) is 0 Å². The van der Waals surface area contributed by atoms with Crippen molar-refractivity contribution in [3.63, 3.8) is 0 Å². The topological polar surface area (TPSA) is 92.7 Å². The molecule has 0 fully saturated rings. The van der Waals surface area contributed by atoms with Gasteiger partial charge in [0.05, 0.1) is 19.2 Å². The Morgan fingerprint density at radius 2 is 1.69 bits per heavy atom. The highest BCUT2D eigenvalue weighted by Crippen LogP contribution is 2.54. The van der Waals surface area contributed by atoms with Crippen molar-refractivity contribution in [3.8, 4) is 0 Å². The Morgan fingerprint density at radius 3 is 1.94 bits per heavy atom. The van der Waals surface area contributed by atoms with Crippen molar-refractivity contribution in [2.24, 2.45) is 0 Å². The number of rotatable bonds is 8. The molecule has 0 saturated carbocycles. The van der Waals surface area contributed by atoms with Crippen LogP contribution in [0.1, 0.15) is 27.2 Å². The number of aliphatic carboxylic acids is 1. The van der Waals surface area contributed by atoms with Gasteiger partial charge in [0.2, 0.25) is 0 Å². The number of hydrogen-bond acceptors (Lipinski definition) is 6. The molecule has 0 aliphatic rings. The normalized spacial score (nSPS) is 13.4. The summed E-state index contributed by atoms with van der Waals surface area (Å²) in [7, 11) is -3.82. The van der Waals surface area contributed by atoms with Crippen LogP contribution in [0.5, 0.6) is 0 Å². The summed E-state index contributed by atoms with van der Waals surface area (Å²) in [5, 5.41) is 10.8. The summed E-state index contributed by atoms with van der Waals surface area (Å²) in [4.78, 5) is 21.7. The van der Waals surface area contributed by atoms with Gasteiger partial charge in [0.25, 0.3) is 0 Å². The summed E-state index contributed by atoms with van der Waals surface area (Å²) in [5.41, 5.74) is -1.54. The molecule has 0 bridgehead atoms. The van der Waals surface area contributed by atoms with E-state index in [0.29, 0.717) is 0 Å². The lowest BCUT2D eigenvalue weighted by atomic mass is 10.2. The van der Waals surface area contributed by atoms with E-state index in [9.17, 15) is 19.3 Å². The number of carbonyl (C=O) groups is 2. The van der Waals surface area contributed by atoms with Gasteiger partial charge in [-0.25, -0.2) is 0 Å². The SMILES string of the molecule is CCOP(=O)(OCC)C(CC(C)=O)C(=O)[O-].